The number of aliphatic imine (C=N–C) groups is 1. The van der Waals surface area contributed by atoms with Gasteiger partial charge in [-0.3, -0.25) is 14.7 Å². The van der Waals surface area contributed by atoms with E-state index in [2.05, 4.69) is 15.6 Å². The predicted molar refractivity (Wildman–Crippen MR) is 109 cm³/mol. The lowest BCUT2D eigenvalue weighted by Crippen LogP contribution is -2.56. The minimum absolute atomic E-state index is 0.192. The van der Waals surface area contributed by atoms with E-state index in [0.717, 1.165) is 5.56 Å². The Morgan fingerprint density at radius 1 is 1.28 bits per heavy atom. The summed E-state index contributed by atoms with van der Waals surface area (Å²) < 4.78 is 38.6. The molecule has 0 spiro atoms. The van der Waals surface area contributed by atoms with Crippen LogP contribution < -0.4 is 10.6 Å². The van der Waals surface area contributed by atoms with E-state index in [4.69, 9.17) is 11.6 Å². The van der Waals surface area contributed by atoms with Crippen molar-refractivity contribution in [2.75, 3.05) is 45.1 Å². The zero-order chi connectivity index (χ0) is 21.6. The second kappa shape index (κ2) is 10.2. The molecule has 1 saturated heterocycles. The summed E-state index contributed by atoms with van der Waals surface area (Å²) in [6.07, 6.45) is -4.02. The van der Waals surface area contributed by atoms with Crippen LogP contribution in [0.5, 0.6) is 0 Å². The summed E-state index contributed by atoms with van der Waals surface area (Å²) in [5, 5.41) is 6.34. The molecule has 1 atom stereocenters. The van der Waals surface area contributed by atoms with E-state index in [1.54, 1.807) is 19.2 Å². The van der Waals surface area contributed by atoms with Crippen LogP contribution >= 0.6 is 11.6 Å². The first-order chi connectivity index (χ1) is 13.6. The van der Waals surface area contributed by atoms with E-state index in [9.17, 15) is 18.0 Å². The lowest BCUT2D eigenvalue weighted by molar-refractivity contribution is -0.181. The SMILES string of the molecule is CN=C(NCCC(=O)Nc1ccc(C)cc1Cl)N1CCN(C(C)C(F)(F)F)CC1. The van der Waals surface area contributed by atoms with Gasteiger partial charge in [-0.25, -0.2) is 0 Å². The lowest BCUT2D eigenvalue weighted by atomic mass is 10.2. The Morgan fingerprint density at radius 3 is 2.48 bits per heavy atom. The van der Waals surface area contributed by atoms with Crippen LogP contribution in [0.2, 0.25) is 5.02 Å². The molecule has 0 aromatic heterocycles. The maximum atomic E-state index is 12.9. The molecule has 1 aromatic rings. The number of guanidine groups is 1. The number of rotatable bonds is 5. The number of nitrogens with zero attached hydrogens (tertiary/aromatic N) is 3. The third-order valence-corrected chi connectivity index (χ3v) is 5.19. The average Bonchev–Trinajstić information content (AvgIpc) is 2.66. The second-order valence-electron chi connectivity index (χ2n) is 7.00. The van der Waals surface area contributed by atoms with Gasteiger partial charge in [0.15, 0.2) is 5.96 Å². The van der Waals surface area contributed by atoms with Crippen molar-refractivity contribution in [3.05, 3.63) is 28.8 Å². The first-order valence-corrected chi connectivity index (χ1v) is 9.82. The molecule has 10 heteroatoms. The smallest absolute Gasteiger partial charge is 0.356 e. The molecular weight excluding hydrogens is 407 g/mol. The summed E-state index contributed by atoms with van der Waals surface area (Å²) >= 11 is 6.11. The Hall–Kier alpha value is -2.00. The molecule has 0 saturated carbocycles. The zero-order valence-corrected chi connectivity index (χ0v) is 17.6. The van der Waals surface area contributed by atoms with Gasteiger partial charge in [0.25, 0.3) is 0 Å². The Labute approximate surface area is 174 Å². The standard InChI is InChI=1S/C19H27ClF3N5O/c1-13-4-5-16(15(20)12-13)26-17(29)6-7-25-18(24-3)28-10-8-27(9-11-28)14(2)19(21,22)23/h4-5,12,14H,6-11H2,1-3H3,(H,24,25)(H,26,29). The highest BCUT2D eigenvalue weighted by atomic mass is 35.5. The fraction of sp³-hybridized carbons (Fsp3) is 0.579. The fourth-order valence-corrected chi connectivity index (χ4v) is 3.36. The Balaban J connectivity index is 1.77. The van der Waals surface area contributed by atoms with Crippen LogP contribution in [0, 0.1) is 6.92 Å². The Bertz CT molecular complexity index is 733. The van der Waals surface area contributed by atoms with Crippen LogP contribution in [-0.2, 0) is 4.79 Å². The Morgan fingerprint density at radius 2 is 1.93 bits per heavy atom. The number of alkyl halides is 3. The average molecular weight is 434 g/mol. The molecule has 29 heavy (non-hydrogen) atoms. The molecule has 1 aliphatic rings. The number of benzene rings is 1. The summed E-state index contributed by atoms with van der Waals surface area (Å²) in [4.78, 5) is 19.6. The predicted octanol–water partition coefficient (Wildman–Crippen LogP) is 3.12. The van der Waals surface area contributed by atoms with Crippen molar-refractivity contribution in [2.45, 2.75) is 32.5 Å². The number of hydrogen-bond donors (Lipinski definition) is 2. The van der Waals surface area contributed by atoms with Crippen LogP contribution in [0.15, 0.2) is 23.2 Å². The topological polar surface area (TPSA) is 60.0 Å². The van der Waals surface area contributed by atoms with Crippen LogP contribution in [-0.4, -0.2) is 73.7 Å². The van der Waals surface area contributed by atoms with Gasteiger partial charge in [0, 0.05) is 46.2 Å². The number of anilines is 1. The molecule has 1 heterocycles. The molecule has 6 nitrogen and oxygen atoms in total. The summed E-state index contributed by atoms with van der Waals surface area (Å²) in [6, 6.07) is 3.93. The van der Waals surface area contributed by atoms with Gasteiger partial charge in [-0.2, -0.15) is 13.2 Å². The highest BCUT2D eigenvalue weighted by Gasteiger charge is 2.41. The van der Waals surface area contributed by atoms with E-state index in [0.29, 0.717) is 49.4 Å². The van der Waals surface area contributed by atoms with Gasteiger partial charge in [0.05, 0.1) is 10.7 Å². The summed E-state index contributed by atoms with van der Waals surface area (Å²) in [5.41, 5.74) is 1.56. The largest absolute Gasteiger partial charge is 0.403 e. The molecule has 2 rings (SSSR count). The zero-order valence-electron chi connectivity index (χ0n) is 16.8. The van der Waals surface area contributed by atoms with E-state index in [1.165, 1.54) is 11.8 Å². The molecule has 0 radical (unpaired) electrons. The number of nitrogens with one attached hydrogen (secondary N) is 2. The number of aryl methyl sites for hydroxylation is 1. The molecule has 1 aliphatic heterocycles. The third kappa shape index (κ3) is 6.78. The summed E-state index contributed by atoms with van der Waals surface area (Å²) in [6.45, 7) is 4.91. The monoisotopic (exact) mass is 433 g/mol. The van der Waals surface area contributed by atoms with Crippen LogP contribution in [0.25, 0.3) is 0 Å². The molecule has 162 valence electrons. The van der Waals surface area contributed by atoms with Gasteiger partial charge >= 0.3 is 6.18 Å². The second-order valence-corrected chi connectivity index (χ2v) is 7.40. The van der Waals surface area contributed by atoms with E-state index >= 15 is 0 Å². The van der Waals surface area contributed by atoms with Crippen LogP contribution in [0.1, 0.15) is 18.9 Å². The number of carbonyl (C=O) groups excluding carboxylic acids is 1. The van der Waals surface area contributed by atoms with E-state index in [1.807, 2.05) is 17.9 Å². The van der Waals surface area contributed by atoms with Gasteiger partial charge in [0.1, 0.15) is 6.04 Å². The normalized spacial score (nSPS) is 17.2. The molecule has 2 N–H and O–H groups in total. The number of hydrogen-bond acceptors (Lipinski definition) is 3. The van der Waals surface area contributed by atoms with Gasteiger partial charge in [-0.05, 0) is 31.5 Å². The summed E-state index contributed by atoms with van der Waals surface area (Å²) in [7, 11) is 1.61. The molecule has 1 unspecified atom stereocenters. The molecule has 0 bridgehead atoms. The molecule has 1 fully saturated rings. The van der Waals surface area contributed by atoms with Gasteiger partial charge in [-0.1, -0.05) is 17.7 Å². The van der Waals surface area contributed by atoms with E-state index in [-0.39, 0.29) is 12.3 Å². The highest BCUT2D eigenvalue weighted by molar-refractivity contribution is 6.33. The Kier molecular flexibility index (Phi) is 8.15. The highest BCUT2D eigenvalue weighted by Crippen LogP contribution is 2.25. The van der Waals surface area contributed by atoms with E-state index < -0.39 is 12.2 Å². The maximum absolute atomic E-state index is 12.9. The first kappa shape index (κ1) is 23.3. The van der Waals surface area contributed by atoms with Gasteiger partial charge in [-0.15, -0.1) is 0 Å². The van der Waals surface area contributed by atoms with Crippen molar-refractivity contribution in [2.24, 2.45) is 4.99 Å². The van der Waals surface area contributed by atoms with Crippen LogP contribution in [0.3, 0.4) is 0 Å². The molecule has 1 amide bonds. The minimum atomic E-state index is -4.23. The van der Waals surface area contributed by atoms with Crippen LogP contribution in [0.4, 0.5) is 18.9 Å². The number of halogens is 4. The van der Waals surface area contributed by atoms with Gasteiger partial charge in [0.2, 0.25) is 5.91 Å². The van der Waals surface area contributed by atoms with Crippen molar-refractivity contribution in [3.63, 3.8) is 0 Å². The van der Waals surface area contributed by atoms with Crippen molar-refractivity contribution in [3.8, 4) is 0 Å². The fourth-order valence-electron chi connectivity index (χ4n) is 3.08. The summed E-state index contributed by atoms with van der Waals surface area (Å²) in [5.74, 6) is 0.382. The maximum Gasteiger partial charge on any atom is 0.403 e. The lowest BCUT2D eigenvalue weighted by Gasteiger charge is -2.39. The molecule has 0 aliphatic carbocycles. The number of carbonyl (C=O) groups is 1. The quantitative estimate of drug-likeness (QED) is 0.553. The number of amides is 1. The third-order valence-electron chi connectivity index (χ3n) is 4.88. The minimum Gasteiger partial charge on any atom is -0.356 e. The first-order valence-electron chi connectivity index (χ1n) is 9.44. The number of piperazine rings is 1. The van der Waals surface area contributed by atoms with Gasteiger partial charge < -0.3 is 15.5 Å². The molecule has 1 aromatic carbocycles. The van der Waals surface area contributed by atoms with Crippen molar-refractivity contribution >= 4 is 29.2 Å². The molecular formula is C19H27ClF3N5O. The van der Waals surface area contributed by atoms with Crippen molar-refractivity contribution in [1.29, 1.82) is 0 Å². The van der Waals surface area contributed by atoms with Crippen molar-refractivity contribution < 1.29 is 18.0 Å². The van der Waals surface area contributed by atoms with Crippen molar-refractivity contribution in [1.82, 2.24) is 15.1 Å².